The Morgan fingerprint density at radius 3 is 2.11 bits per heavy atom. The van der Waals surface area contributed by atoms with Crippen LogP contribution in [0, 0.1) is 0 Å². The molecule has 0 aliphatic heterocycles. The van der Waals surface area contributed by atoms with E-state index in [-0.39, 0.29) is 0 Å². The number of ether oxygens (including phenoxy) is 2. The lowest BCUT2D eigenvalue weighted by Crippen LogP contribution is -1.95. The Balaban J connectivity index is 1.93. The Hall–Kier alpha value is -2.22. The first-order valence-electron chi connectivity index (χ1n) is 6.30. The van der Waals surface area contributed by atoms with Gasteiger partial charge in [-0.15, -0.1) is 0 Å². The summed E-state index contributed by atoms with van der Waals surface area (Å²) in [4.78, 5) is 0. The van der Waals surface area contributed by atoms with Crippen molar-refractivity contribution in [2.24, 2.45) is 0 Å². The van der Waals surface area contributed by atoms with Crippen LogP contribution in [0.4, 0.5) is 0 Å². The van der Waals surface area contributed by atoms with Crippen molar-refractivity contribution < 1.29 is 9.47 Å². The molecule has 0 saturated heterocycles. The van der Waals surface area contributed by atoms with Gasteiger partial charge < -0.3 is 9.47 Å². The van der Waals surface area contributed by atoms with Gasteiger partial charge in [0.25, 0.3) is 0 Å². The van der Waals surface area contributed by atoms with Gasteiger partial charge in [-0.2, -0.15) is 0 Å². The molecule has 0 aromatic heterocycles. The van der Waals surface area contributed by atoms with Crippen LogP contribution in [0.3, 0.4) is 0 Å². The standard InChI is InChI=1S/C17H18O2/c1-3-4-14-5-11-17(12-6-14)19-13-15-7-9-16(18-2)10-8-15/h3-12H,13H2,1-2H3. The molecule has 2 aromatic carbocycles. The second-order valence-electron chi connectivity index (χ2n) is 4.21. The fourth-order valence-electron chi connectivity index (χ4n) is 1.76. The molecule has 2 rings (SSSR count). The SMILES string of the molecule is CC=Cc1ccc(OCc2ccc(OC)cc2)cc1. The van der Waals surface area contributed by atoms with Crippen LogP contribution in [0.5, 0.6) is 11.5 Å². The molecule has 0 spiro atoms. The molecule has 0 aliphatic rings. The van der Waals surface area contributed by atoms with E-state index in [0.29, 0.717) is 6.61 Å². The molecule has 2 aromatic rings. The van der Waals surface area contributed by atoms with Crippen molar-refractivity contribution in [1.82, 2.24) is 0 Å². The first-order valence-corrected chi connectivity index (χ1v) is 6.30. The fraction of sp³-hybridized carbons (Fsp3) is 0.176. The lowest BCUT2D eigenvalue weighted by Gasteiger charge is -2.07. The van der Waals surface area contributed by atoms with Crippen molar-refractivity contribution in [3.05, 3.63) is 65.7 Å². The molecule has 0 unspecified atom stereocenters. The van der Waals surface area contributed by atoms with Crippen molar-refractivity contribution in [2.45, 2.75) is 13.5 Å². The molecular formula is C17H18O2. The molecule has 0 fully saturated rings. The van der Waals surface area contributed by atoms with Crippen LogP contribution in [0.25, 0.3) is 6.08 Å². The molecule has 2 nitrogen and oxygen atoms in total. The average molecular weight is 254 g/mol. The first-order chi connectivity index (χ1) is 9.31. The summed E-state index contributed by atoms with van der Waals surface area (Å²) in [5.41, 5.74) is 2.30. The van der Waals surface area contributed by atoms with Crippen LogP contribution in [0.2, 0.25) is 0 Å². The lowest BCUT2D eigenvalue weighted by molar-refractivity contribution is 0.306. The Kier molecular flexibility index (Phi) is 4.62. The van der Waals surface area contributed by atoms with Crippen molar-refractivity contribution in [1.29, 1.82) is 0 Å². The van der Waals surface area contributed by atoms with E-state index < -0.39 is 0 Å². The van der Waals surface area contributed by atoms with E-state index in [1.807, 2.05) is 61.5 Å². The van der Waals surface area contributed by atoms with Gasteiger partial charge >= 0.3 is 0 Å². The molecule has 0 atom stereocenters. The summed E-state index contributed by atoms with van der Waals surface area (Å²) in [6, 6.07) is 16.0. The van der Waals surface area contributed by atoms with Crippen LogP contribution in [0.1, 0.15) is 18.1 Å². The van der Waals surface area contributed by atoms with Crippen molar-refractivity contribution in [2.75, 3.05) is 7.11 Å². The van der Waals surface area contributed by atoms with E-state index in [1.54, 1.807) is 7.11 Å². The van der Waals surface area contributed by atoms with Crippen LogP contribution in [-0.4, -0.2) is 7.11 Å². The van der Waals surface area contributed by atoms with E-state index in [1.165, 1.54) is 5.56 Å². The highest BCUT2D eigenvalue weighted by atomic mass is 16.5. The summed E-state index contributed by atoms with van der Waals surface area (Å²) in [6.45, 7) is 2.57. The van der Waals surface area contributed by atoms with Gasteiger partial charge in [0.1, 0.15) is 18.1 Å². The van der Waals surface area contributed by atoms with Gasteiger partial charge in [0.2, 0.25) is 0 Å². The predicted molar refractivity (Wildman–Crippen MR) is 78.5 cm³/mol. The maximum atomic E-state index is 5.73. The van der Waals surface area contributed by atoms with E-state index >= 15 is 0 Å². The monoisotopic (exact) mass is 254 g/mol. The summed E-state index contributed by atoms with van der Waals surface area (Å²) in [5, 5.41) is 0. The van der Waals surface area contributed by atoms with Crippen LogP contribution >= 0.6 is 0 Å². The number of hydrogen-bond acceptors (Lipinski definition) is 2. The zero-order chi connectivity index (χ0) is 13.5. The van der Waals surface area contributed by atoms with Gasteiger partial charge in [-0.1, -0.05) is 36.4 Å². The van der Waals surface area contributed by atoms with Crippen molar-refractivity contribution in [3.63, 3.8) is 0 Å². The lowest BCUT2D eigenvalue weighted by atomic mass is 10.2. The molecule has 0 radical (unpaired) electrons. The van der Waals surface area contributed by atoms with Gasteiger partial charge in [-0.3, -0.25) is 0 Å². The third-order valence-electron chi connectivity index (χ3n) is 2.80. The van der Waals surface area contributed by atoms with Gasteiger partial charge in [0.05, 0.1) is 7.11 Å². The zero-order valence-electron chi connectivity index (χ0n) is 11.3. The van der Waals surface area contributed by atoms with Gasteiger partial charge in [0, 0.05) is 0 Å². The minimum Gasteiger partial charge on any atom is -0.497 e. The normalized spacial score (nSPS) is 10.6. The summed E-state index contributed by atoms with van der Waals surface area (Å²) >= 11 is 0. The molecule has 0 aliphatic carbocycles. The Morgan fingerprint density at radius 1 is 0.895 bits per heavy atom. The highest BCUT2D eigenvalue weighted by Crippen LogP contribution is 2.16. The quantitative estimate of drug-likeness (QED) is 0.791. The molecule has 98 valence electrons. The molecule has 0 bridgehead atoms. The minimum absolute atomic E-state index is 0.562. The fourth-order valence-corrected chi connectivity index (χ4v) is 1.76. The smallest absolute Gasteiger partial charge is 0.119 e. The number of benzene rings is 2. The average Bonchev–Trinajstić information content (AvgIpc) is 2.47. The molecule has 0 saturated carbocycles. The highest BCUT2D eigenvalue weighted by Gasteiger charge is 1.97. The second kappa shape index (κ2) is 6.64. The summed E-state index contributed by atoms with van der Waals surface area (Å²) in [5.74, 6) is 1.74. The molecular weight excluding hydrogens is 236 g/mol. The van der Waals surface area contributed by atoms with Gasteiger partial charge in [-0.05, 0) is 42.3 Å². The van der Waals surface area contributed by atoms with E-state index in [0.717, 1.165) is 17.1 Å². The van der Waals surface area contributed by atoms with E-state index in [2.05, 4.69) is 6.08 Å². The topological polar surface area (TPSA) is 18.5 Å². The molecule has 19 heavy (non-hydrogen) atoms. The molecule has 0 heterocycles. The Bertz CT molecular complexity index is 524. The van der Waals surface area contributed by atoms with Crippen molar-refractivity contribution >= 4 is 6.08 Å². The zero-order valence-corrected chi connectivity index (χ0v) is 11.3. The van der Waals surface area contributed by atoms with E-state index in [4.69, 9.17) is 9.47 Å². The maximum absolute atomic E-state index is 5.73. The first kappa shape index (κ1) is 13.2. The molecule has 0 N–H and O–H groups in total. The second-order valence-corrected chi connectivity index (χ2v) is 4.21. The van der Waals surface area contributed by atoms with Crippen molar-refractivity contribution in [3.8, 4) is 11.5 Å². The number of methoxy groups -OCH3 is 1. The summed E-state index contributed by atoms with van der Waals surface area (Å²) in [6.07, 6.45) is 4.08. The maximum Gasteiger partial charge on any atom is 0.119 e. The summed E-state index contributed by atoms with van der Waals surface area (Å²) < 4.78 is 10.9. The number of rotatable bonds is 5. The summed E-state index contributed by atoms with van der Waals surface area (Å²) in [7, 11) is 1.66. The largest absolute Gasteiger partial charge is 0.497 e. The number of allylic oxidation sites excluding steroid dienone is 1. The van der Waals surface area contributed by atoms with Crippen LogP contribution in [-0.2, 0) is 6.61 Å². The van der Waals surface area contributed by atoms with Crippen LogP contribution in [0.15, 0.2) is 54.6 Å². The molecule has 2 heteroatoms. The Morgan fingerprint density at radius 2 is 1.53 bits per heavy atom. The Labute approximate surface area is 114 Å². The number of hydrogen-bond donors (Lipinski definition) is 0. The molecule has 0 amide bonds. The third-order valence-corrected chi connectivity index (χ3v) is 2.80. The van der Waals surface area contributed by atoms with Gasteiger partial charge in [0.15, 0.2) is 0 Å². The van der Waals surface area contributed by atoms with Crippen LogP contribution < -0.4 is 9.47 Å². The van der Waals surface area contributed by atoms with Gasteiger partial charge in [-0.25, -0.2) is 0 Å². The minimum atomic E-state index is 0.562. The van der Waals surface area contributed by atoms with E-state index in [9.17, 15) is 0 Å². The third kappa shape index (κ3) is 3.88. The predicted octanol–water partition coefficient (Wildman–Crippen LogP) is 4.31. The highest BCUT2D eigenvalue weighted by molar-refractivity contribution is 5.50.